The molecule has 0 fully saturated rings. The Morgan fingerprint density at radius 2 is 1.83 bits per heavy atom. The van der Waals surface area contributed by atoms with Crippen molar-refractivity contribution in [2.75, 3.05) is 13.2 Å². The smallest absolute Gasteiger partial charge is 0.106 e. The zero-order valence-electron chi connectivity index (χ0n) is 5.99. The highest BCUT2D eigenvalue weighted by Crippen LogP contribution is 2.24. The highest BCUT2D eigenvalue weighted by atomic mass is 31.2. The predicted octanol–water partition coefficient (Wildman–Crippen LogP) is -3.45. The number of aliphatic hydroxyl groups excluding tert-OH is 3. The van der Waals surface area contributed by atoms with Crippen molar-refractivity contribution in [3.63, 3.8) is 0 Å². The van der Waals surface area contributed by atoms with Gasteiger partial charge in [-0.3, -0.25) is 0 Å². The Labute approximate surface area is 68.5 Å². The van der Waals surface area contributed by atoms with Crippen LogP contribution in [0, 0.1) is 0 Å². The summed E-state index contributed by atoms with van der Waals surface area (Å²) in [5.41, 5.74) is 0. The molecule has 0 aromatic carbocycles. The molecule has 0 unspecified atom stereocenters. The van der Waals surface area contributed by atoms with Gasteiger partial charge in [0, 0.05) is 0 Å². The second kappa shape index (κ2) is 4.88. The van der Waals surface area contributed by atoms with Gasteiger partial charge >= 0.3 is 0 Å². The van der Waals surface area contributed by atoms with E-state index < -0.39 is 33.2 Å². The standard InChI is InChI=1S/C4H11O7P/c5-1-3(6)4(7)2-11-12(8,9)10/h3-7H,1-2H2,(H2,8,9,10)/p-2/t3-,4+/m0/s1. The SMILES string of the molecule is O=P([O-])([O-])OC[C@@H](O)[C@@H](O)CO. The minimum atomic E-state index is -5.12. The molecule has 0 saturated heterocycles. The molecule has 0 amide bonds. The average molecular weight is 200 g/mol. The second-order valence-electron chi connectivity index (χ2n) is 2.06. The van der Waals surface area contributed by atoms with Crippen LogP contribution in [0.1, 0.15) is 0 Å². The normalized spacial score (nSPS) is 17.4. The fraction of sp³-hybridized carbons (Fsp3) is 1.00. The van der Waals surface area contributed by atoms with Gasteiger partial charge in [-0.2, -0.15) is 0 Å². The predicted molar refractivity (Wildman–Crippen MR) is 32.7 cm³/mol. The third-order valence-electron chi connectivity index (χ3n) is 1.03. The summed E-state index contributed by atoms with van der Waals surface area (Å²) in [6, 6.07) is 0. The molecule has 7 nitrogen and oxygen atoms in total. The lowest BCUT2D eigenvalue weighted by Crippen LogP contribution is -2.34. The van der Waals surface area contributed by atoms with Crippen LogP contribution in [0.3, 0.4) is 0 Å². The van der Waals surface area contributed by atoms with E-state index in [4.69, 9.17) is 15.3 Å². The van der Waals surface area contributed by atoms with Gasteiger partial charge in [0.15, 0.2) is 0 Å². The molecule has 0 saturated carbocycles. The van der Waals surface area contributed by atoms with Crippen LogP contribution in [0.15, 0.2) is 0 Å². The first-order valence-electron chi connectivity index (χ1n) is 3.00. The summed E-state index contributed by atoms with van der Waals surface area (Å²) in [6.07, 6.45) is -3.11. The van der Waals surface area contributed by atoms with Crippen molar-refractivity contribution in [2.24, 2.45) is 0 Å². The maximum atomic E-state index is 9.84. The summed E-state index contributed by atoms with van der Waals surface area (Å²) < 4.78 is 13.5. The van der Waals surface area contributed by atoms with Crippen LogP contribution in [0.4, 0.5) is 0 Å². The van der Waals surface area contributed by atoms with Crippen LogP contribution in [0.25, 0.3) is 0 Å². The van der Waals surface area contributed by atoms with E-state index in [-0.39, 0.29) is 0 Å². The van der Waals surface area contributed by atoms with Gasteiger partial charge in [0.2, 0.25) is 0 Å². The maximum absolute atomic E-state index is 9.84. The Morgan fingerprint density at radius 1 is 1.33 bits per heavy atom. The van der Waals surface area contributed by atoms with Gasteiger partial charge < -0.3 is 34.2 Å². The number of aliphatic hydroxyl groups is 3. The van der Waals surface area contributed by atoms with Gasteiger partial charge in [-0.1, -0.05) is 0 Å². The molecule has 0 aromatic heterocycles. The van der Waals surface area contributed by atoms with Crippen LogP contribution < -0.4 is 9.79 Å². The molecule has 0 aromatic rings. The Balaban J connectivity index is 3.71. The van der Waals surface area contributed by atoms with Crippen molar-refractivity contribution in [2.45, 2.75) is 12.2 Å². The average Bonchev–Trinajstić information content (AvgIpc) is 1.97. The number of phosphoric acid groups is 1. The summed E-state index contributed by atoms with van der Waals surface area (Å²) in [5, 5.41) is 25.6. The van der Waals surface area contributed by atoms with Crippen molar-refractivity contribution in [3.05, 3.63) is 0 Å². The summed E-state index contributed by atoms with van der Waals surface area (Å²) >= 11 is 0. The minimum absolute atomic E-state index is 0.744. The van der Waals surface area contributed by atoms with Gasteiger partial charge in [0.05, 0.1) is 21.0 Å². The highest BCUT2D eigenvalue weighted by Gasteiger charge is 2.15. The van der Waals surface area contributed by atoms with E-state index in [0.717, 1.165) is 0 Å². The molecular weight excluding hydrogens is 191 g/mol. The zero-order chi connectivity index (χ0) is 9.78. The molecule has 0 aliphatic rings. The summed E-state index contributed by atoms with van der Waals surface area (Å²) in [7, 11) is -5.12. The molecule has 0 radical (unpaired) electrons. The molecule has 74 valence electrons. The van der Waals surface area contributed by atoms with E-state index in [2.05, 4.69) is 4.52 Å². The third-order valence-corrected chi connectivity index (χ3v) is 1.50. The van der Waals surface area contributed by atoms with E-state index in [1.807, 2.05) is 0 Å². The molecule has 0 aliphatic carbocycles. The van der Waals surface area contributed by atoms with Crippen molar-refractivity contribution in [3.8, 4) is 0 Å². The number of rotatable bonds is 5. The second-order valence-corrected chi connectivity index (χ2v) is 3.21. The van der Waals surface area contributed by atoms with E-state index in [0.29, 0.717) is 0 Å². The number of hydrogen-bond donors (Lipinski definition) is 3. The highest BCUT2D eigenvalue weighted by molar-refractivity contribution is 7.43. The molecule has 12 heavy (non-hydrogen) atoms. The lowest BCUT2D eigenvalue weighted by atomic mass is 10.2. The quantitative estimate of drug-likeness (QED) is 0.393. The van der Waals surface area contributed by atoms with Crippen molar-refractivity contribution < 1.29 is 34.2 Å². The Bertz CT molecular complexity index is 165. The lowest BCUT2D eigenvalue weighted by Gasteiger charge is -2.30. The van der Waals surface area contributed by atoms with E-state index in [1.165, 1.54) is 0 Å². The maximum Gasteiger partial charge on any atom is 0.106 e. The van der Waals surface area contributed by atoms with Gasteiger partial charge in [-0.15, -0.1) is 0 Å². The lowest BCUT2D eigenvalue weighted by molar-refractivity contribution is -0.343. The molecule has 0 bridgehead atoms. The van der Waals surface area contributed by atoms with Crippen LogP contribution in [-0.2, 0) is 9.09 Å². The van der Waals surface area contributed by atoms with Gasteiger partial charge in [0.1, 0.15) is 12.2 Å². The third kappa shape index (κ3) is 5.62. The Morgan fingerprint density at radius 3 is 2.17 bits per heavy atom. The van der Waals surface area contributed by atoms with E-state index in [9.17, 15) is 14.4 Å². The van der Waals surface area contributed by atoms with Crippen molar-refractivity contribution >= 4 is 7.82 Å². The molecule has 3 N–H and O–H groups in total. The van der Waals surface area contributed by atoms with Gasteiger partial charge in [-0.05, 0) is 0 Å². The van der Waals surface area contributed by atoms with E-state index >= 15 is 0 Å². The first-order valence-corrected chi connectivity index (χ1v) is 4.46. The molecule has 0 aliphatic heterocycles. The van der Waals surface area contributed by atoms with Crippen LogP contribution in [0.5, 0.6) is 0 Å². The number of hydrogen-bond acceptors (Lipinski definition) is 7. The first kappa shape index (κ1) is 12.0. The summed E-state index contributed by atoms with van der Waals surface area (Å²) in [4.78, 5) is 19.7. The molecule has 2 atom stereocenters. The molecule has 0 spiro atoms. The molecular formula is C4H9O7P-2. The topological polar surface area (TPSA) is 133 Å². The van der Waals surface area contributed by atoms with Crippen molar-refractivity contribution in [1.29, 1.82) is 0 Å². The fourth-order valence-corrected chi connectivity index (χ4v) is 0.736. The first-order chi connectivity index (χ1) is 5.37. The molecule has 0 rings (SSSR count). The Hall–Kier alpha value is -0.0100. The fourth-order valence-electron chi connectivity index (χ4n) is 0.400. The van der Waals surface area contributed by atoms with Crippen LogP contribution >= 0.6 is 7.82 Å². The Kier molecular flexibility index (Phi) is 4.88. The summed E-state index contributed by atoms with van der Waals surface area (Å²) in [5.74, 6) is 0. The zero-order valence-corrected chi connectivity index (χ0v) is 6.89. The molecule has 0 heterocycles. The monoisotopic (exact) mass is 200 g/mol. The largest absolute Gasteiger partial charge is 0.790 e. The van der Waals surface area contributed by atoms with Crippen molar-refractivity contribution in [1.82, 2.24) is 0 Å². The van der Waals surface area contributed by atoms with Crippen LogP contribution in [-0.4, -0.2) is 40.7 Å². The van der Waals surface area contributed by atoms with Gasteiger partial charge in [0.25, 0.3) is 0 Å². The summed E-state index contributed by atoms with van der Waals surface area (Å²) in [6.45, 7) is -1.60. The van der Waals surface area contributed by atoms with Gasteiger partial charge in [-0.25, -0.2) is 0 Å². The van der Waals surface area contributed by atoms with E-state index in [1.54, 1.807) is 0 Å². The number of phosphoric ester groups is 1. The minimum Gasteiger partial charge on any atom is -0.790 e. The molecule has 8 heteroatoms. The van der Waals surface area contributed by atoms with Crippen LogP contribution in [0.2, 0.25) is 0 Å².